The Balaban J connectivity index is 1.60. The summed E-state index contributed by atoms with van der Waals surface area (Å²) in [7, 11) is 1.51. The van der Waals surface area contributed by atoms with E-state index in [-0.39, 0.29) is 63.0 Å². The number of methoxy groups -OCH3 is 1. The number of nitrogens with zero attached hydrogens (tertiary/aromatic N) is 1. The number of carbonyl (C=O) groups is 2. The molecular formula is C32H47NO4. The minimum Gasteiger partial charge on any atom is -0.469 e. The number of fused-ring (bicyclic) bond motifs is 7. The number of allylic oxidation sites excluding steroid dienone is 2. The maximum Gasteiger partial charge on any atom is 0.308 e. The molecule has 5 nitrogen and oxygen atoms in total. The minimum absolute atomic E-state index is 0.0248. The molecule has 0 heterocycles. The number of ketones is 1. The fourth-order valence-electron chi connectivity index (χ4n) is 11.4. The second-order valence-electron chi connectivity index (χ2n) is 15.5. The molecule has 0 amide bonds. The van der Waals surface area contributed by atoms with Crippen molar-refractivity contribution in [1.29, 1.82) is 5.26 Å². The third kappa shape index (κ3) is 3.43. The van der Waals surface area contributed by atoms with Gasteiger partial charge in [-0.15, -0.1) is 0 Å². The molecule has 5 aliphatic carbocycles. The Labute approximate surface area is 223 Å². The monoisotopic (exact) mass is 509 g/mol. The Morgan fingerprint density at radius 1 is 1.00 bits per heavy atom. The van der Waals surface area contributed by atoms with Crippen molar-refractivity contribution in [1.82, 2.24) is 0 Å². The van der Waals surface area contributed by atoms with E-state index in [0.717, 1.165) is 38.5 Å². The Hall–Kier alpha value is -1.67. The van der Waals surface area contributed by atoms with Crippen LogP contribution in [0, 0.1) is 73.9 Å². The molecule has 5 heteroatoms. The molecular weight excluding hydrogens is 462 g/mol. The summed E-state index contributed by atoms with van der Waals surface area (Å²) >= 11 is 0. The lowest BCUT2D eigenvalue weighted by molar-refractivity contribution is -0.250. The molecule has 0 bridgehead atoms. The molecule has 5 aliphatic rings. The second-order valence-corrected chi connectivity index (χ2v) is 15.5. The maximum absolute atomic E-state index is 13.2. The first-order valence-corrected chi connectivity index (χ1v) is 14.5. The van der Waals surface area contributed by atoms with E-state index in [9.17, 15) is 20.0 Å². The van der Waals surface area contributed by atoms with Crippen molar-refractivity contribution < 1.29 is 19.4 Å². The van der Waals surface area contributed by atoms with Crippen LogP contribution in [0.3, 0.4) is 0 Å². The summed E-state index contributed by atoms with van der Waals surface area (Å²) in [4.78, 5) is 26.1. The molecule has 0 radical (unpaired) electrons. The van der Waals surface area contributed by atoms with Crippen LogP contribution in [0.15, 0.2) is 11.6 Å². The molecule has 0 aromatic heterocycles. The van der Waals surface area contributed by atoms with Crippen molar-refractivity contribution in [3.8, 4) is 6.07 Å². The van der Waals surface area contributed by atoms with E-state index >= 15 is 0 Å². The minimum atomic E-state index is -0.586. The Kier molecular flexibility index (Phi) is 5.94. The van der Waals surface area contributed by atoms with Gasteiger partial charge in [0, 0.05) is 5.41 Å². The molecule has 0 spiro atoms. The number of aliphatic hydroxyl groups excluding tert-OH is 1. The summed E-state index contributed by atoms with van der Waals surface area (Å²) in [5.41, 5.74) is -0.682. The molecule has 0 aromatic carbocycles. The van der Waals surface area contributed by atoms with Crippen LogP contribution in [0.2, 0.25) is 0 Å². The zero-order valence-electron chi connectivity index (χ0n) is 24.2. The van der Waals surface area contributed by atoms with Crippen LogP contribution < -0.4 is 0 Å². The Morgan fingerprint density at radius 2 is 1.65 bits per heavy atom. The van der Waals surface area contributed by atoms with Crippen LogP contribution in [-0.2, 0) is 14.3 Å². The van der Waals surface area contributed by atoms with Gasteiger partial charge in [-0.2, -0.15) is 5.26 Å². The lowest BCUT2D eigenvalue weighted by atomic mass is 9.32. The standard InChI is InChI=1S/C32H47NO4/c1-28(2)15-20-19(21(16-28)27(36)37-8)9-11-32(7)25(20)22(34)13-24-30(5)14-18(17-33)26(35)29(3,4)23(30)10-12-31(24,32)6/h14,19-25,34H,9-13,15-16H2,1-8H3/t19?,20?,21-,22+,23+,24-,25?,30+,31-,32-/m1/s1. The summed E-state index contributed by atoms with van der Waals surface area (Å²) in [6.07, 6.45) is 8.10. The van der Waals surface area contributed by atoms with Crippen molar-refractivity contribution in [2.45, 2.75) is 99.5 Å². The normalized spacial score (nSPS) is 49.8. The molecule has 1 N–H and O–H groups in total. The van der Waals surface area contributed by atoms with Gasteiger partial charge < -0.3 is 9.84 Å². The lowest BCUT2D eigenvalue weighted by Crippen LogP contribution is -2.68. The molecule has 10 atom stereocenters. The topological polar surface area (TPSA) is 87.4 Å². The first-order chi connectivity index (χ1) is 17.1. The van der Waals surface area contributed by atoms with Crippen LogP contribution >= 0.6 is 0 Å². The summed E-state index contributed by atoms with van der Waals surface area (Å²) in [6, 6.07) is 2.23. The first-order valence-electron chi connectivity index (χ1n) is 14.5. The van der Waals surface area contributed by atoms with Gasteiger partial charge in [0.15, 0.2) is 5.78 Å². The number of carbonyl (C=O) groups excluding carboxylic acids is 2. The molecule has 3 unspecified atom stereocenters. The molecule has 0 saturated heterocycles. The van der Waals surface area contributed by atoms with Crippen LogP contribution in [0.25, 0.3) is 0 Å². The van der Waals surface area contributed by atoms with Crippen LogP contribution in [0.1, 0.15) is 93.4 Å². The molecule has 0 aliphatic heterocycles. The Bertz CT molecular complexity index is 1080. The van der Waals surface area contributed by atoms with Gasteiger partial charge in [-0.3, -0.25) is 9.59 Å². The molecule has 204 valence electrons. The number of aliphatic hydroxyl groups is 1. The number of hydrogen-bond acceptors (Lipinski definition) is 5. The van der Waals surface area contributed by atoms with Crippen molar-refractivity contribution in [2.24, 2.45) is 62.6 Å². The predicted octanol–water partition coefficient (Wildman–Crippen LogP) is 6.11. The Morgan fingerprint density at radius 3 is 2.27 bits per heavy atom. The van der Waals surface area contributed by atoms with E-state index in [1.165, 1.54) is 7.11 Å². The average Bonchev–Trinajstić information content (AvgIpc) is 2.81. The van der Waals surface area contributed by atoms with Gasteiger partial charge in [-0.05, 0) is 96.2 Å². The number of ether oxygens (including phenoxy) is 1. The molecule has 4 saturated carbocycles. The summed E-state index contributed by atoms with van der Waals surface area (Å²) in [6.45, 7) is 15.7. The van der Waals surface area contributed by atoms with Crippen molar-refractivity contribution in [2.75, 3.05) is 7.11 Å². The molecule has 0 aromatic rings. The highest BCUT2D eigenvalue weighted by molar-refractivity contribution is 6.04. The third-order valence-electron chi connectivity index (χ3n) is 13.0. The largest absolute Gasteiger partial charge is 0.469 e. The number of rotatable bonds is 1. The number of nitriles is 1. The van der Waals surface area contributed by atoms with Crippen molar-refractivity contribution in [3.63, 3.8) is 0 Å². The van der Waals surface area contributed by atoms with Gasteiger partial charge in [0.25, 0.3) is 0 Å². The zero-order valence-corrected chi connectivity index (χ0v) is 24.2. The summed E-state index contributed by atoms with van der Waals surface area (Å²) in [5, 5.41) is 21.9. The molecule has 4 fully saturated rings. The quantitative estimate of drug-likeness (QED) is 0.431. The van der Waals surface area contributed by atoms with E-state index in [4.69, 9.17) is 4.74 Å². The van der Waals surface area contributed by atoms with Gasteiger partial charge >= 0.3 is 5.97 Å². The predicted molar refractivity (Wildman–Crippen MR) is 142 cm³/mol. The highest BCUT2D eigenvalue weighted by Crippen LogP contribution is 2.75. The van der Waals surface area contributed by atoms with Gasteiger partial charge in [0.1, 0.15) is 6.07 Å². The maximum atomic E-state index is 13.2. The second kappa shape index (κ2) is 8.17. The SMILES string of the molecule is COC(=O)[C@@H]1CC(C)(C)CC2C1CC[C@]1(C)C2[C@@H](O)C[C@@H]2[C@@]3(C)C=C(C#N)C(=O)C(C)(C)[C@@H]3CC[C@]21C. The fraction of sp³-hybridized carbons (Fsp3) is 0.844. The number of hydrogen-bond donors (Lipinski definition) is 1. The number of Topliss-reactive ketones (excluding diaryl/α,β-unsaturated/α-hetero) is 1. The van der Waals surface area contributed by atoms with E-state index in [2.05, 4.69) is 40.7 Å². The van der Waals surface area contributed by atoms with Gasteiger partial charge in [0.05, 0.1) is 24.7 Å². The van der Waals surface area contributed by atoms with Crippen molar-refractivity contribution >= 4 is 11.8 Å². The average molecular weight is 510 g/mol. The molecule has 5 rings (SSSR count). The van der Waals surface area contributed by atoms with Crippen molar-refractivity contribution in [3.05, 3.63) is 11.6 Å². The number of esters is 1. The van der Waals surface area contributed by atoms with E-state index in [0.29, 0.717) is 17.9 Å². The van der Waals surface area contributed by atoms with Gasteiger partial charge in [-0.25, -0.2) is 0 Å². The van der Waals surface area contributed by atoms with Crippen LogP contribution in [0.4, 0.5) is 0 Å². The third-order valence-corrected chi connectivity index (χ3v) is 13.0. The van der Waals surface area contributed by atoms with Gasteiger partial charge in [0.2, 0.25) is 0 Å². The van der Waals surface area contributed by atoms with Crippen LogP contribution in [0.5, 0.6) is 0 Å². The zero-order chi connectivity index (χ0) is 27.3. The van der Waals surface area contributed by atoms with E-state index in [1.807, 2.05) is 19.9 Å². The summed E-state index contributed by atoms with van der Waals surface area (Å²) in [5.74, 6) is 0.824. The van der Waals surface area contributed by atoms with Crippen LogP contribution in [-0.4, -0.2) is 30.1 Å². The highest BCUT2D eigenvalue weighted by atomic mass is 16.5. The van der Waals surface area contributed by atoms with E-state index in [1.54, 1.807) is 0 Å². The highest BCUT2D eigenvalue weighted by Gasteiger charge is 2.71. The smallest absolute Gasteiger partial charge is 0.308 e. The van der Waals surface area contributed by atoms with E-state index < -0.39 is 11.5 Å². The lowest BCUT2D eigenvalue weighted by Gasteiger charge is -2.72. The van der Waals surface area contributed by atoms with Gasteiger partial charge in [-0.1, -0.05) is 54.5 Å². The fourth-order valence-corrected chi connectivity index (χ4v) is 11.4. The summed E-state index contributed by atoms with van der Waals surface area (Å²) < 4.78 is 5.29. The first kappa shape index (κ1) is 26.9. The molecule has 37 heavy (non-hydrogen) atoms.